The summed E-state index contributed by atoms with van der Waals surface area (Å²) in [6, 6.07) is 0. The third kappa shape index (κ3) is 12.8. The quantitative estimate of drug-likeness (QED) is 0.258. The van der Waals surface area contributed by atoms with E-state index in [2.05, 4.69) is 60.5 Å². The predicted octanol–water partition coefficient (Wildman–Crippen LogP) is 7.32. The molecule has 0 saturated heterocycles. The number of hydrogen-bond acceptors (Lipinski definition) is 3. The van der Waals surface area contributed by atoms with E-state index in [0.717, 1.165) is 43.5 Å². The van der Waals surface area contributed by atoms with Crippen molar-refractivity contribution in [1.82, 2.24) is 4.98 Å². The lowest BCUT2D eigenvalue weighted by molar-refractivity contribution is 0.164. The van der Waals surface area contributed by atoms with E-state index >= 15 is 0 Å². The van der Waals surface area contributed by atoms with Crippen LogP contribution in [0.5, 0.6) is 0 Å². The number of aliphatic hydroxyl groups excluding tert-OH is 1. The smallest absolute Gasteiger partial charge is 0.121 e. The normalized spacial score (nSPS) is 13.8. The van der Waals surface area contributed by atoms with Gasteiger partial charge < -0.3 is 5.11 Å². The SMILES string of the molecule is CCCCC/C=C\C/C=C\C/C=C\C/C=C\CCCC(O)c1nccs1. The van der Waals surface area contributed by atoms with Gasteiger partial charge in [0, 0.05) is 11.6 Å². The second kappa shape index (κ2) is 17.0. The molecule has 0 saturated carbocycles. The van der Waals surface area contributed by atoms with Crippen LogP contribution in [0.25, 0.3) is 0 Å². The van der Waals surface area contributed by atoms with Crippen molar-refractivity contribution in [3.05, 3.63) is 65.2 Å². The fourth-order valence-electron chi connectivity index (χ4n) is 2.51. The first-order valence-corrected chi connectivity index (χ1v) is 10.9. The highest BCUT2D eigenvalue weighted by Crippen LogP contribution is 2.20. The second-order valence-corrected chi connectivity index (χ2v) is 7.33. The minimum absolute atomic E-state index is 0.402. The highest BCUT2D eigenvalue weighted by molar-refractivity contribution is 7.09. The molecule has 0 amide bonds. The first-order chi connectivity index (χ1) is 12.8. The number of thiazole rings is 1. The molecule has 0 fully saturated rings. The third-order valence-corrected chi connectivity index (χ3v) is 4.92. The van der Waals surface area contributed by atoms with Crippen LogP contribution >= 0.6 is 11.3 Å². The van der Waals surface area contributed by atoms with Gasteiger partial charge in [0.1, 0.15) is 11.1 Å². The van der Waals surface area contributed by atoms with E-state index in [4.69, 9.17) is 0 Å². The lowest BCUT2D eigenvalue weighted by Gasteiger charge is -2.05. The molecule has 1 aromatic rings. The minimum Gasteiger partial charge on any atom is -0.386 e. The summed E-state index contributed by atoms with van der Waals surface area (Å²) in [6.45, 7) is 2.24. The van der Waals surface area contributed by atoms with Crippen molar-refractivity contribution in [3.63, 3.8) is 0 Å². The number of nitrogens with zero attached hydrogens (tertiary/aromatic N) is 1. The monoisotopic (exact) mass is 373 g/mol. The number of rotatable bonds is 15. The Bertz CT molecular complexity index is 528. The van der Waals surface area contributed by atoms with Gasteiger partial charge in [-0.2, -0.15) is 0 Å². The van der Waals surface area contributed by atoms with E-state index in [9.17, 15) is 5.11 Å². The van der Waals surface area contributed by atoms with Gasteiger partial charge in [-0.3, -0.25) is 0 Å². The summed E-state index contributed by atoms with van der Waals surface area (Å²) in [5.74, 6) is 0. The summed E-state index contributed by atoms with van der Waals surface area (Å²) in [6.07, 6.45) is 30.2. The Morgan fingerprint density at radius 3 is 2.00 bits per heavy atom. The van der Waals surface area contributed by atoms with E-state index in [-0.39, 0.29) is 0 Å². The van der Waals surface area contributed by atoms with Gasteiger partial charge in [0.05, 0.1) is 0 Å². The van der Waals surface area contributed by atoms with E-state index < -0.39 is 6.10 Å². The molecule has 3 heteroatoms. The Balaban J connectivity index is 1.93. The molecule has 0 radical (unpaired) electrons. The average molecular weight is 374 g/mol. The fraction of sp³-hybridized carbons (Fsp3) is 0.522. The molecule has 0 aromatic carbocycles. The van der Waals surface area contributed by atoms with Crippen molar-refractivity contribution < 1.29 is 5.11 Å². The summed E-state index contributed by atoms with van der Waals surface area (Å²) in [5, 5.41) is 12.7. The molecular weight excluding hydrogens is 338 g/mol. The Kier molecular flexibility index (Phi) is 14.8. The maximum absolute atomic E-state index is 9.94. The fourth-order valence-corrected chi connectivity index (χ4v) is 3.17. The van der Waals surface area contributed by atoms with Gasteiger partial charge >= 0.3 is 0 Å². The van der Waals surface area contributed by atoms with Gasteiger partial charge in [0.25, 0.3) is 0 Å². The van der Waals surface area contributed by atoms with Crippen molar-refractivity contribution in [2.75, 3.05) is 0 Å². The van der Waals surface area contributed by atoms with E-state index in [1.54, 1.807) is 6.20 Å². The first kappa shape index (κ1) is 22.6. The first-order valence-electron chi connectivity index (χ1n) is 10.0. The standard InChI is InChI=1S/C23H35NOS/c1-2-3-4-5-6-7-8-9-10-11-12-13-14-15-16-17-18-19-22(25)23-24-20-21-26-23/h6-7,9-10,12-13,15-16,20-22,25H,2-5,8,11,14,17-19H2,1H3/b7-6-,10-9-,13-12-,16-15-. The van der Waals surface area contributed by atoms with Crippen LogP contribution in [0, 0.1) is 0 Å². The van der Waals surface area contributed by atoms with Crippen LogP contribution in [-0.4, -0.2) is 10.1 Å². The molecule has 144 valence electrons. The summed E-state index contributed by atoms with van der Waals surface area (Å²) in [5.41, 5.74) is 0. The van der Waals surface area contributed by atoms with Gasteiger partial charge in [0.15, 0.2) is 0 Å². The molecule has 1 unspecified atom stereocenters. The van der Waals surface area contributed by atoms with Gasteiger partial charge in [-0.05, 0) is 51.4 Å². The predicted molar refractivity (Wildman–Crippen MR) is 115 cm³/mol. The highest BCUT2D eigenvalue weighted by Gasteiger charge is 2.08. The largest absolute Gasteiger partial charge is 0.386 e. The molecule has 0 bridgehead atoms. The molecule has 0 aliphatic rings. The molecule has 0 aliphatic heterocycles. The van der Waals surface area contributed by atoms with Crippen molar-refractivity contribution in [2.24, 2.45) is 0 Å². The van der Waals surface area contributed by atoms with Crippen LogP contribution in [0.15, 0.2) is 60.2 Å². The van der Waals surface area contributed by atoms with Crippen LogP contribution < -0.4 is 0 Å². The van der Waals surface area contributed by atoms with Crippen molar-refractivity contribution >= 4 is 11.3 Å². The van der Waals surface area contributed by atoms with E-state index in [0.29, 0.717) is 0 Å². The molecule has 1 N–H and O–H groups in total. The molecule has 0 aliphatic carbocycles. The second-order valence-electron chi connectivity index (χ2n) is 6.41. The Hall–Kier alpha value is -1.45. The number of allylic oxidation sites excluding steroid dienone is 8. The van der Waals surface area contributed by atoms with E-state index in [1.807, 2.05) is 5.38 Å². The van der Waals surface area contributed by atoms with Gasteiger partial charge in [-0.1, -0.05) is 68.4 Å². The van der Waals surface area contributed by atoms with E-state index in [1.165, 1.54) is 37.0 Å². The van der Waals surface area contributed by atoms with Crippen LogP contribution in [0.2, 0.25) is 0 Å². The van der Waals surface area contributed by atoms with Crippen LogP contribution in [0.4, 0.5) is 0 Å². The number of aliphatic hydroxyl groups is 1. The lowest BCUT2D eigenvalue weighted by Crippen LogP contribution is -1.95. The molecule has 1 aromatic heterocycles. The zero-order valence-corrected chi connectivity index (χ0v) is 17.0. The van der Waals surface area contributed by atoms with Crippen LogP contribution in [0.3, 0.4) is 0 Å². The average Bonchev–Trinajstić information content (AvgIpc) is 3.19. The van der Waals surface area contributed by atoms with Gasteiger partial charge in [-0.25, -0.2) is 4.98 Å². The molecule has 0 spiro atoms. The zero-order valence-electron chi connectivity index (χ0n) is 16.2. The zero-order chi connectivity index (χ0) is 18.7. The topological polar surface area (TPSA) is 33.1 Å². The van der Waals surface area contributed by atoms with Crippen molar-refractivity contribution in [3.8, 4) is 0 Å². The summed E-state index contributed by atoms with van der Waals surface area (Å²) >= 11 is 1.52. The van der Waals surface area contributed by atoms with Crippen LogP contribution in [0.1, 0.15) is 82.2 Å². The Labute approximate surface area is 164 Å². The third-order valence-electron chi connectivity index (χ3n) is 4.04. The maximum Gasteiger partial charge on any atom is 0.121 e. The van der Waals surface area contributed by atoms with Crippen molar-refractivity contribution in [1.29, 1.82) is 0 Å². The Morgan fingerprint density at radius 2 is 1.46 bits per heavy atom. The van der Waals surface area contributed by atoms with Crippen molar-refractivity contribution in [2.45, 2.75) is 77.2 Å². The molecule has 1 atom stereocenters. The molecule has 1 heterocycles. The minimum atomic E-state index is -0.402. The summed E-state index contributed by atoms with van der Waals surface area (Å²) in [4.78, 5) is 4.14. The highest BCUT2D eigenvalue weighted by atomic mass is 32.1. The molecule has 26 heavy (non-hydrogen) atoms. The Morgan fingerprint density at radius 1 is 0.885 bits per heavy atom. The number of aromatic nitrogens is 1. The molecule has 2 nitrogen and oxygen atoms in total. The summed E-state index contributed by atoms with van der Waals surface area (Å²) < 4.78 is 0. The van der Waals surface area contributed by atoms with Gasteiger partial charge in [0.2, 0.25) is 0 Å². The number of hydrogen-bond donors (Lipinski definition) is 1. The van der Waals surface area contributed by atoms with Crippen LogP contribution in [-0.2, 0) is 0 Å². The summed E-state index contributed by atoms with van der Waals surface area (Å²) in [7, 11) is 0. The number of unbranched alkanes of at least 4 members (excludes halogenated alkanes) is 4. The maximum atomic E-state index is 9.94. The van der Waals surface area contributed by atoms with Gasteiger partial charge in [-0.15, -0.1) is 11.3 Å². The molecular formula is C23H35NOS. The molecule has 1 rings (SSSR count). The lowest BCUT2D eigenvalue weighted by atomic mass is 10.1.